The highest BCUT2D eigenvalue weighted by Crippen LogP contribution is 2.17. The van der Waals surface area contributed by atoms with Crippen molar-refractivity contribution in [2.24, 2.45) is 0 Å². The first-order valence-electron chi connectivity index (χ1n) is 4.56. The number of pyridine rings is 1. The number of hydrogen-bond donors (Lipinski definition) is 0. The van der Waals surface area contributed by atoms with Crippen LogP contribution in [0.3, 0.4) is 0 Å². The van der Waals surface area contributed by atoms with E-state index in [1.165, 1.54) is 0 Å². The molecule has 1 aliphatic carbocycles. The van der Waals surface area contributed by atoms with Crippen LogP contribution in [-0.2, 0) is 0 Å². The number of nitrogens with zero attached hydrogens (tertiary/aromatic N) is 2. The fourth-order valence-corrected chi connectivity index (χ4v) is 1.40. The normalized spacial score (nSPS) is 15.4. The molecule has 0 fully saturated rings. The van der Waals surface area contributed by atoms with Crippen LogP contribution in [0.5, 0.6) is 5.88 Å². The second-order valence-corrected chi connectivity index (χ2v) is 3.18. The van der Waals surface area contributed by atoms with Crippen LogP contribution in [0.15, 0.2) is 30.5 Å². The lowest BCUT2D eigenvalue weighted by Gasteiger charge is -2.11. The molecule has 2 rings (SSSR count). The van der Waals surface area contributed by atoms with E-state index in [9.17, 15) is 0 Å². The molecule has 14 heavy (non-hydrogen) atoms. The molecule has 1 aromatic rings. The molecule has 1 heterocycles. The molecular formula is C11H10N2O. The first-order valence-corrected chi connectivity index (χ1v) is 4.56. The summed E-state index contributed by atoms with van der Waals surface area (Å²) in [5, 5.41) is 8.68. The van der Waals surface area contributed by atoms with Gasteiger partial charge in [0.05, 0.1) is 11.6 Å². The highest BCUT2D eigenvalue weighted by Gasteiger charge is 2.12. The number of nitriles is 1. The molecule has 0 saturated carbocycles. The van der Waals surface area contributed by atoms with Crippen LogP contribution in [0.1, 0.15) is 18.4 Å². The van der Waals surface area contributed by atoms with E-state index in [1.807, 2.05) is 0 Å². The minimum absolute atomic E-state index is 0.191. The lowest BCUT2D eigenvalue weighted by atomic mass is 10.3. The Hall–Kier alpha value is -1.82. The highest BCUT2D eigenvalue weighted by molar-refractivity contribution is 5.31. The van der Waals surface area contributed by atoms with Crippen molar-refractivity contribution < 1.29 is 4.74 Å². The summed E-state index contributed by atoms with van der Waals surface area (Å²) in [6, 6.07) is 5.39. The molecule has 70 valence electrons. The summed E-state index contributed by atoms with van der Waals surface area (Å²) < 4.78 is 5.59. The van der Waals surface area contributed by atoms with Crippen molar-refractivity contribution in [3.05, 3.63) is 36.0 Å². The van der Waals surface area contributed by atoms with Crippen LogP contribution >= 0.6 is 0 Å². The molecule has 0 N–H and O–H groups in total. The van der Waals surface area contributed by atoms with Gasteiger partial charge < -0.3 is 4.74 Å². The molecule has 0 amide bonds. The molecule has 0 aromatic carbocycles. The van der Waals surface area contributed by atoms with Gasteiger partial charge in [-0.15, -0.1) is 0 Å². The van der Waals surface area contributed by atoms with Crippen LogP contribution < -0.4 is 4.74 Å². The third-order valence-electron chi connectivity index (χ3n) is 2.12. The zero-order valence-electron chi connectivity index (χ0n) is 7.68. The minimum Gasteiger partial charge on any atom is -0.474 e. The Bertz CT molecular complexity index is 385. The van der Waals surface area contributed by atoms with E-state index >= 15 is 0 Å². The number of hydrogen-bond acceptors (Lipinski definition) is 3. The lowest BCUT2D eigenvalue weighted by molar-refractivity contribution is 0.207. The van der Waals surface area contributed by atoms with Crippen LogP contribution in [0.4, 0.5) is 0 Å². The highest BCUT2D eigenvalue weighted by atomic mass is 16.5. The van der Waals surface area contributed by atoms with Crippen molar-refractivity contribution in [2.75, 3.05) is 0 Å². The van der Waals surface area contributed by atoms with Crippen LogP contribution in [0, 0.1) is 11.3 Å². The van der Waals surface area contributed by atoms with E-state index in [0.717, 1.165) is 12.8 Å². The van der Waals surface area contributed by atoms with E-state index in [1.54, 1.807) is 18.3 Å². The molecule has 3 nitrogen and oxygen atoms in total. The molecule has 0 bridgehead atoms. The number of ether oxygens (including phenoxy) is 1. The third kappa shape index (κ3) is 1.91. The number of aromatic nitrogens is 1. The molecule has 0 unspecified atom stereocenters. The largest absolute Gasteiger partial charge is 0.474 e. The van der Waals surface area contributed by atoms with E-state index < -0.39 is 0 Å². The fourth-order valence-electron chi connectivity index (χ4n) is 1.40. The summed E-state index contributed by atoms with van der Waals surface area (Å²) in [4.78, 5) is 4.05. The average molecular weight is 186 g/mol. The smallest absolute Gasteiger partial charge is 0.214 e. The summed E-state index contributed by atoms with van der Waals surface area (Å²) in [5.41, 5.74) is 0.584. The van der Waals surface area contributed by atoms with Gasteiger partial charge in [0.15, 0.2) is 0 Å². The van der Waals surface area contributed by atoms with Crippen molar-refractivity contribution >= 4 is 0 Å². The Kier molecular flexibility index (Phi) is 2.46. The monoisotopic (exact) mass is 186 g/mol. The Morgan fingerprint density at radius 3 is 2.93 bits per heavy atom. The average Bonchev–Trinajstić information content (AvgIpc) is 2.71. The van der Waals surface area contributed by atoms with Gasteiger partial charge in [-0.05, 0) is 6.07 Å². The summed E-state index contributed by atoms with van der Waals surface area (Å²) in [6.45, 7) is 0. The summed E-state index contributed by atoms with van der Waals surface area (Å²) in [6.07, 6.45) is 7.83. The quantitative estimate of drug-likeness (QED) is 0.664. The van der Waals surface area contributed by atoms with Gasteiger partial charge in [-0.25, -0.2) is 4.98 Å². The number of rotatable bonds is 2. The van der Waals surface area contributed by atoms with Gasteiger partial charge in [0, 0.05) is 25.1 Å². The molecule has 3 heteroatoms. The van der Waals surface area contributed by atoms with Crippen molar-refractivity contribution in [1.82, 2.24) is 4.98 Å². The Labute approximate surface area is 82.7 Å². The molecule has 0 saturated heterocycles. The van der Waals surface area contributed by atoms with Gasteiger partial charge in [0.1, 0.15) is 6.10 Å². The van der Waals surface area contributed by atoms with Crippen molar-refractivity contribution in [1.29, 1.82) is 5.26 Å². The van der Waals surface area contributed by atoms with E-state index in [2.05, 4.69) is 23.2 Å². The minimum atomic E-state index is 0.191. The predicted octanol–water partition coefficient (Wildman–Crippen LogP) is 2.05. The fraction of sp³-hybridized carbons (Fsp3) is 0.273. The van der Waals surface area contributed by atoms with Gasteiger partial charge in [0.25, 0.3) is 0 Å². The maximum atomic E-state index is 8.68. The van der Waals surface area contributed by atoms with Crippen LogP contribution in [0.2, 0.25) is 0 Å². The van der Waals surface area contributed by atoms with Crippen molar-refractivity contribution in [3.63, 3.8) is 0 Å². The predicted molar refractivity (Wildman–Crippen MR) is 51.7 cm³/mol. The second kappa shape index (κ2) is 3.93. The van der Waals surface area contributed by atoms with E-state index in [4.69, 9.17) is 10.00 Å². The maximum Gasteiger partial charge on any atom is 0.214 e. The first kappa shape index (κ1) is 8.76. The molecular weight excluding hydrogens is 176 g/mol. The summed E-state index contributed by atoms with van der Waals surface area (Å²) in [7, 11) is 0. The molecule has 0 aliphatic heterocycles. The molecule has 0 spiro atoms. The molecule has 1 aliphatic rings. The summed E-state index contributed by atoms with van der Waals surface area (Å²) >= 11 is 0. The zero-order chi connectivity index (χ0) is 9.80. The summed E-state index contributed by atoms with van der Waals surface area (Å²) in [5.74, 6) is 0.540. The van der Waals surface area contributed by atoms with E-state index in [0.29, 0.717) is 11.4 Å². The van der Waals surface area contributed by atoms with E-state index in [-0.39, 0.29) is 6.10 Å². The zero-order valence-corrected chi connectivity index (χ0v) is 7.68. The van der Waals surface area contributed by atoms with Gasteiger partial charge >= 0.3 is 0 Å². The topological polar surface area (TPSA) is 45.9 Å². The second-order valence-electron chi connectivity index (χ2n) is 3.18. The lowest BCUT2D eigenvalue weighted by Crippen LogP contribution is -2.12. The molecule has 0 atom stereocenters. The molecule has 0 radical (unpaired) electrons. The standard InChI is InChI=1S/C11H10N2O/c12-8-9-5-6-13-11(7-9)14-10-3-1-2-4-10/h1-2,5-7,10H,3-4H2. The third-order valence-corrected chi connectivity index (χ3v) is 2.12. The Morgan fingerprint density at radius 1 is 1.43 bits per heavy atom. The Morgan fingerprint density at radius 2 is 2.21 bits per heavy atom. The molecule has 1 aromatic heterocycles. The van der Waals surface area contributed by atoms with Gasteiger partial charge in [0.2, 0.25) is 5.88 Å². The maximum absolute atomic E-state index is 8.68. The van der Waals surface area contributed by atoms with Gasteiger partial charge in [-0.3, -0.25) is 0 Å². The van der Waals surface area contributed by atoms with Gasteiger partial charge in [-0.2, -0.15) is 5.26 Å². The van der Waals surface area contributed by atoms with Gasteiger partial charge in [-0.1, -0.05) is 12.2 Å². The SMILES string of the molecule is N#Cc1ccnc(OC2CC=CC2)c1. The van der Waals surface area contributed by atoms with Crippen molar-refractivity contribution in [2.45, 2.75) is 18.9 Å². The van der Waals surface area contributed by atoms with Crippen LogP contribution in [0.25, 0.3) is 0 Å². The van der Waals surface area contributed by atoms with Crippen molar-refractivity contribution in [3.8, 4) is 11.9 Å². The first-order chi connectivity index (χ1) is 6.88. The van der Waals surface area contributed by atoms with Crippen LogP contribution in [-0.4, -0.2) is 11.1 Å². The Balaban J connectivity index is 2.06.